The second-order valence-electron chi connectivity index (χ2n) is 4.61. The molecule has 0 saturated heterocycles. The fraction of sp³-hybridized carbons (Fsp3) is 0.231. The molecule has 1 heterocycles. The van der Waals surface area contributed by atoms with Crippen LogP contribution in [0.15, 0.2) is 33.6 Å². The number of carboxylic acids is 1. The van der Waals surface area contributed by atoms with E-state index in [1.54, 1.807) is 20.0 Å². The van der Waals surface area contributed by atoms with Crippen LogP contribution in [0, 0.1) is 6.92 Å². The Hall–Kier alpha value is -1.67. The molecule has 0 fully saturated rings. The summed E-state index contributed by atoms with van der Waals surface area (Å²) in [6.45, 7) is 1.76. The first-order valence-corrected chi connectivity index (χ1v) is 8.40. The molecule has 0 bridgehead atoms. The number of benzene rings is 1. The van der Waals surface area contributed by atoms with Gasteiger partial charge in [-0.15, -0.1) is 0 Å². The van der Waals surface area contributed by atoms with Crippen molar-refractivity contribution in [2.75, 3.05) is 0 Å². The molecule has 0 spiro atoms. The van der Waals surface area contributed by atoms with E-state index in [0.717, 1.165) is 0 Å². The molecule has 1 aromatic heterocycles. The van der Waals surface area contributed by atoms with E-state index in [0.29, 0.717) is 15.9 Å². The Morgan fingerprint density at radius 2 is 2.05 bits per heavy atom. The van der Waals surface area contributed by atoms with Gasteiger partial charge in [0, 0.05) is 11.5 Å². The zero-order valence-electron chi connectivity index (χ0n) is 11.4. The van der Waals surface area contributed by atoms with E-state index in [1.165, 1.54) is 22.9 Å². The molecule has 8 heteroatoms. The highest BCUT2D eigenvalue weighted by Gasteiger charge is 2.24. The monoisotopic (exact) mass is 372 g/mol. The molecule has 0 amide bonds. The van der Waals surface area contributed by atoms with Gasteiger partial charge in [0.2, 0.25) is 0 Å². The third kappa shape index (κ3) is 3.33. The van der Waals surface area contributed by atoms with Gasteiger partial charge in [-0.1, -0.05) is 15.9 Å². The fourth-order valence-electron chi connectivity index (χ4n) is 2.00. The van der Waals surface area contributed by atoms with Crippen LogP contribution < -0.4 is 0 Å². The average molecular weight is 373 g/mol. The Morgan fingerprint density at radius 3 is 2.57 bits per heavy atom. The van der Waals surface area contributed by atoms with Crippen molar-refractivity contribution in [3.05, 3.63) is 45.7 Å². The molecule has 0 radical (unpaired) electrons. The van der Waals surface area contributed by atoms with Crippen LogP contribution in [0.5, 0.6) is 0 Å². The van der Waals surface area contributed by atoms with E-state index in [9.17, 15) is 13.2 Å². The second kappa shape index (κ2) is 5.61. The Kier molecular flexibility index (Phi) is 4.20. The van der Waals surface area contributed by atoms with Crippen LogP contribution in [0.1, 0.15) is 21.7 Å². The number of rotatable bonds is 4. The first-order chi connectivity index (χ1) is 9.70. The minimum atomic E-state index is -3.79. The van der Waals surface area contributed by atoms with Gasteiger partial charge >= 0.3 is 5.97 Å². The molecule has 0 aliphatic heterocycles. The van der Waals surface area contributed by atoms with Gasteiger partial charge in [0.1, 0.15) is 0 Å². The molecule has 0 atom stereocenters. The van der Waals surface area contributed by atoms with E-state index < -0.39 is 15.8 Å². The Morgan fingerprint density at radius 1 is 1.38 bits per heavy atom. The maximum absolute atomic E-state index is 12.5. The number of hydrogen-bond donors (Lipinski definition) is 1. The van der Waals surface area contributed by atoms with Crippen LogP contribution >= 0.6 is 15.9 Å². The number of halogens is 1. The lowest BCUT2D eigenvalue weighted by Gasteiger charge is -2.08. The van der Waals surface area contributed by atoms with E-state index in [2.05, 4.69) is 21.0 Å². The lowest BCUT2D eigenvalue weighted by Crippen LogP contribution is -2.13. The Balaban J connectivity index is 2.51. The first kappa shape index (κ1) is 15.7. The Labute approximate surface area is 130 Å². The lowest BCUT2D eigenvalue weighted by atomic mass is 10.2. The summed E-state index contributed by atoms with van der Waals surface area (Å²) >= 11 is 3.17. The highest BCUT2D eigenvalue weighted by Crippen LogP contribution is 2.24. The summed E-state index contributed by atoms with van der Waals surface area (Å²) < 4.78 is 27.0. The van der Waals surface area contributed by atoms with E-state index in [1.807, 2.05) is 0 Å². The van der Waals surface area contributed by atoms with Crippen molar-refractivity contribution in [2.24, 2.45) is 7.05 Å². The van der Waals surface area contributed by atoms with Crippen LogP contribution in [0.25, 0.3) is 0 Å². The standard InChI is InChI=1S/C13H13BrN2O4S/c1-8-5-10(16(2)15-8)7-21(19,20)12-6-9(14)3-4-11(12)13(17)18/h3-6H,7H2,1-2H3,(H,17,18). The molecular formula is C13H13BrN2O4S. The quantitative estimate of drug-likeness (QED) is 0.887. The molecule has 0 unspecified atom stereocenters. The maximum Gasteiger partial charge on any atom is 0.337 e. The molecule has 6 nitrogen and oxygen atoms in total. The highest BCUT2D eigenvalue weighted by atomic mass is 79.9. The molecule has 0 aliphatic carbocycles. The molecule has 0 saturated carbocycles. The summed E-state index contributed by atoms with van der Waals surface area (Å²) in [4.78, 5) is 11.0. The number of nitrogens with zero attached hydrogens (tertiary/aromatic N) is 2. The summed E-state index contributed by atoms with van der Waals surface area (Å²) in [6, 6.07) is 5.74. The van der Waals surface area contributed by atoms with Gasteiger partial charge in [-0.05, 0) is 31.2 Å². The van der Waals surface area contributed by atoms with Crippen molar-refractivity contribution in [3.63, 3.8) is 0 Å². The predicted octanol–water partition coefficient (Wildman–Crippen LogP) is 2.16. The largest absolute Gasteiger partial charge is 0.478 e. The highest BCUT2D eigenvalue weighted by molar-refractivity contribution is 9.10. The minimum Gasteiger partial charge on any atom is -0.478 e. The number of sulfone groups is 1. The van der Waals surface area contributed by atoms with Crippen LogP contribution in [-0.2, 0) is 22.6 Å². The van der Waals surface area contributed by atoms with Gasteiger partial charge < -0.3 is 5.11 Å². The van der Waals surface area contributed by atoms with Gasteiger partial charge in [-0.25, -0.2) is 13.2 Å². The van der Waals surface area contributed by atoms with Gasteiger partial charge in [-0.2, -0.15) is 5.10 Å². The molecular weight excluding hydrogens is 360 g/mol. The molecule has 2 rings (SSSR count). The van der Waals surface area contributed by atoms with Crippen molar-refractivity contribution in [2.45, 2.75) is 17.6 Å². The average Bonchev–Trinajstić information content (AvgIpc) is 2.66. The summed E-state index contributed by atoms with van der Waals surface area (Å²) in [5, 5.41) is 13.2. The number of aromatic carboxylic acids is 1. The van der Waals surface area contributed by atoms with Crippen molar-refractivity contribution >= 4 is 31.7 Å². The molecule has 112 valence electrons. The molecule has 2 aromatic rings. The second-order valence-corrected chi connectivity index (χ2v) is 7.48. The normalized spacial score (nSPS) is 11.6. The molecule has 0 aliphatic rings. The third-order valence-corrected chi connectivity index (χ3v) is 5.12. The Bertz CT molecular complexity index is 812. The van der Waals surface area contributed by atoms with E-state index in [4.69, 9.17) is 5.11 Å². The minimum absolute atomic E-state index is 0.205. The number of carbonyl (C=O) groups is 1. The fourth-order valence-corrected chi connectivity index (χ4v) is 4.13. The van der Waals surface area contributed by atoms with Gasteiger partial charge in [0.05, 0.1) is 27.6 Å². The van der Waals surface area contributed by atoms with Gasteiger partial charge in [-0.3, -0.25) is 4.68 Å². The zero-order valence-corrected chi connectivity index (χ0v) is 13.8. The molecule has 21 heavy (non-hydrogen) atoms. The molecule has 1 N–H and O–H groups in total. The zero-order chi connectivity index (χ0) is 15.8. The van der Waals surface area contributed by atoms with Crippen LogP contribution in [0.2, 0.25) is 0 Å². The summed E-state index contributed by atoms with van der Waals surface area (Å²) in [5.41, 5.74) is 0.969. The third-order valence-electron chi connectivity index (χ3n) is 2.95. The smallest absolute Gasteiger partial charge is 0.337 e. The van der Waals surface area contributed by atoms with Crippen LogP contribution in [-0.4, -0.2) is 29.3 Å². The predicted molar refractivity (Wildman–Crippen MR) is 79.9 cm³/mol. The van der Waals surface area contributed by atoms with E-state index >= 15 is 0 Å². The number of aromatic nitrogens is 2. The van der Waals surface area contributed by atoms with Crippen LogP contribution in [0.4, 0.5) is 0 Å². The summed E-state index contributed by atoms with van der Waals surface area (Å²) in [6.07, 6.45) is 0. The maximum atomic E-state index is 12.5. The number of aryl methyl sites for hydroxylation is 2. The van der Waals surface area contributed by atoms with E-state index in [-0.39, 0.29) is 16.2 Å². The first-order valence-electron chi connectivity index (χ1n) is 5.96. The molecule has 1 aromatic carbocycles. The number of carboxylic acid groups (broad SMARTS) is 1. The summed E-state index contributed by atoms with van der Waals surface area (Å²) in [7, 11) is -2.14. The lowest BCUT2D eigenvalue weighted by molar-refractivity contribution is 0.0692. The SMILES string of the molecule is Cc1cc(CS(=O)(=O)c2cc(Br)ccc2C(=O)O)n(C)n1. The number of hydrogen-bond acceptors (Lipinski definition) is 4. The summed E-state index contributed by atoms with van der Waals surface area (Å²) in [5.74, 6) is -1.58. The van der Waals surface area contributed by atoms with Gasteiger partial charge in [0.15, 0.2) is 9.84 Å². The van der Waals surface area contributed by atoms with Gasteiger partial charge in [0.25, 0.3) is 0 Å². The van der Waals surface area contributed by atoms with Crippen LogP contribution in [0.3, 0.4) is 0 Å². The van der Waals surface area contributed by atoms with Crippen molar-refractivity contribution < 1.29 is 18.3 Å². The van der Waals surface area contributed by atoms with Crippen molar-refractivity contribution in [3.8, 4) is 0 Å². The van der Waals surface area contributed by atoms with Crippen molar-refractivity contribution in [1.29, 1.82) is 0 Å². The topological polar surface area (TPSA) is 89.3 Å². The van der Waals surface area contributed by atoms with Crippen molar-refractivity contribution in [1.82, 2.24) is 9.78 Å².